The van der Waals surface area contributed by atoms with E-state index in [4.69, 9.17) is 17.3 Å². The van der Waals surface area contributed by atoms with Crippen molar-refractivity contribution in [2.75, 3.05) is 11.4 Å². The van der Waals surface area contributed by atoms with Crippen molar-refractivity contribution in [3.8, 4) is 0 Å². The molecule has 0 saturated heterocycles. The third-order valence-corrected chi connectivity index (χ3v) is 3.63. The largest absolute Gasteiger partial charge is 0.320 e. The van der Waals surface area contributed by atoms with Crippen molar-refractivity contribution in [1.29, 1.82) is 0 Å². The molecule has 1 aromatic carbocycles. The van der Waals surface area contributed by atoms with Gasteiger partial charge in [0.25, 0.3) is 0 Å². The molecule has 2 N–H and O–H groups in total. The van der Waals surface area contributed by atoms with E-state index in [1.165, 1.54) is 0 Å². The van der Waals surface area contributed by atoms with Crippen molar-refractivity contribution in [3.05, 3.63) is 28.8 Å². The van der Waals surface area contributed by atoms with Gasteiger partial charge in [-0.15, -0.1) is 12.4 Å². The number of nitrogens with two attached hydrogens (primary N) is 1. The van der Waals surface area contributed by atoms with E-state index in [-0.39, 0.29) is 18.3 Å². The van der Waals surface area contributed by atoms with Crippen LogP contribution in [0.15, 0.2) is 18.2 Å². The molecule has 0 saturated carbocycles. The summed E-state index contributed by atoms with van der Waals surface area (Å²) in [4.78, 5) is 14.1. The highest BCUT2D eigenvalue weighted by Gasteiger charge is 2.29. The molecular weight excluding hydrogens is 283 g/mol. The maximum absolute atomic E-state index is 12.3. The second-order valence-corrected chi connectivity index (χ2v) is 5.62. The highest BCUT2D eigenvalue weighted by Crippen LogP contribution is 2.33. The van der Waals surface area contributed by atoms with Crippen molar-refractivity contribution >= 4 is 35.6 Å². The molecule has 19 heavy (non-hydrogen) atoms. The Labute approximate surface area is 125 Å². The summed E-state index contributed by atoms with van der Waals surface area (Å²) >= 11 is 6.13. The monoisotopic (exact) mass is 302 g/mol. The zero-order valence-electron chi connectivity index (χ0n) is 11.2. The number of nitrogens with zero attached hydrogens (tertiary/aromatic N) is 1. The molecule has 0 radical (unpaired) electrons. The van der Waals surface area contributed by atoms with Gasteiger partial charge >= 0.3 is 0 Å². The number of halogens is 2. The highest BCUT2D eigenvalue weighted by atomic mass is 35.5. The van der Waals surface area contributed by atoms with Gasteiger partial charge in [0.1, 0.15) is 0 Å². The van der Waals surface area contributed by atoms with Gasteiger partial charge in [-0.3, -0.25) is 4.79 Å². The van der Waals surface area contributed by atoms with Crippen molar-refractivity contribution in [2.24, 2.45) is 11.7 Å². The second kappa shape index (κ2) is 6.60. The molecule has 0 bridgehead atoms. The maximum Gasteiger partial charge on any atom is 0.243 e. The highest BCUT2D eigenvalue weighted by molar-refractivity contribution is 6.32. The van der Waals surface area contributed by atoms with Gasteiger partial charge in [-0.2, -0.15) is 0 Å². The number of hydrogen-bond acceptors (Lipinski definition) is 2. The molecule has 1 aromatic rings. The fourth-order valence-electron chi connectivity index (χ4n) is 2.43. The van der Waals surface area contributed by atoms with Gasteiger partial charge < -0.3 is 10.6 Å². The SMILES string of the molecule is CC(C)C[C@H](N)C(=O)N1CCc2c(Cl)cccc21.Cl. The second-order valence-electron chi connectivity index (χ2n) is 5.21. The van der Waals surface area contributed by atoms with Gasteiger partial charge in [0, 0.05) is 17.3 Å². The van der Waals surface area contributed by atoms with E-state index in [9.17, 15) is 4.79 Å². The number of benzene rings is 1. The molecule has 106 valence electrons. The molecule has 1 heterocycles. The lowest BCUT2D eigenvalue weighted by Crippen LogP contribution is -2.43. The number of hydrogen-bond donors (Lipinski definition) is 1. The van der Waals surface area contributed by atoms with Crippen LogP contribution in [0.5, 0.6) is 0 Å². The van der Waals surface area contributed by atoms with Crippen LogP contribution in [-0.4, -0.2) is 18.5 Å². The molecule has 1 amide bonds. The fraction of sp³-hybridized carbons (Fsp3) is 0.500. The van der Waals surface area contributed by atoms with E-state index >= 15 is 0 Å². The van der Waals surface area contributed by atoms with Gasteiger partial charge in [0.2, 0.25) is 5.91 Å². The average Bonchev–Trinajstić information content (AvgIpc) is 2.72. The summed E-state index contributed by atoms with van der Waals surface area (Å²) in [5.41, 5.74) is 7.95. The first-order valence-corrected chi connectivity index (χ1v) is 6.73. The van der Waals surface area contributed by atoms with Crippen molar-refractivity contribution in [3.63, 3.8) is 0 Å². The van der Waals surface area contributed by atoms with Gasteiger partial charge in [-0.1, -0.05) is 31.5 Å². The Morgan fingerprint density at radius 1 is 1.47 bits per heavy atom. The Hall–Kier alpha value is -0.770. The van der Waals surface area contributed by atoms with E-state index in [1.54, 1.807) is 4.90 Å². The Bertz CT molecular complexity index is 463. The van der Waals surface area contributed by atoms with Crippen LogP contribution < -0.4 is 10.6 Å². The first-order valence-electron chi connectivity index (χ1n) is 6.35. The Morgan fingerprint density at radius 2 is 2.16 bits per heavy atom. The van der Waals surface area contributed by atoms with E-state index in [0.29, 0.717) is 18.9 Å². The fourth-order valence-corrected chi connectivity index (χ4v) is 2.69. The molecule has 1 atom stereocenters. The van der Waals surface area contributed by atoms with Gasteiger partial charge in [0.05, 0.1) is 6.04 Å². The molecule has 3 nitrogen and oxygen atoms in total. The summed E-state index contributed by atoms with van der Waals surface area (Å²) in [5, 5.41) is 0.736. The molecule has 0 unspecified atom stereocenters. The average molecular weight is 303 g/mol. The Morgan fingerprint density at radius 3 is 2.79 bits per heavy atom. The minimum absolute atomic E-state index is 0. The quantitative estimate of drug-likeness (QED) is 0.933. The molecule has 0 fully saturated rings. The van der Waals surface area contributed by atoms with Crippen LogP contribution in [0, 0.1) is 5.92 Å². The van der Waals surface area contributed by atoms with Gasteiger partial charge in [-0.05, 0) is 36.5 Å². The number of carbonyl (C=O) groups excluding carboxylic acids is 1. The van der Waals surface area contributed by atoms with Crippen LogP contribution in [0.25, 0.3) is 0 Å². The van der Waals surface area contributed by atoms with Crippen molar-refractivity contribution in [2.45, 2.75) is 32.7 Å². The van der Waals surface area contributed by atoms with E-state index in [0.717, 1.165) is 22.7 Å². The van der Waals surface area contributed by atoms with Gasteiger partial charge in [0.15, 0.2) is 0 Å². The lowest BCUT2D eigenvalue weighted by Gasteiger charge is -2.22. The number of anilines is 1. The lowest BCUT2D eigenvalue weighted by molar-refractivity contribution is -0.120. The van der Waals surface area contributed by atoms with Crippen LogP contribution >= 0.6 is 24.0 Å². The predicted octanol–water partition coefficient (Wildman–Crippen LogP) is 3.02. The Balaban J connectivity index is 0.00000180. The zero-order chi connectivity index (χ0) is 13.3. The van der Waals surface area contributed by atoms with Crippen LogP contribution in [0.2, 0.25) is 5.02 Å². The Kier molecular flexibility index (Phi) is 5.65. The van der Waals surface area contributed by atoms with Crippen molar-refractivity contribution < 1.29 is 4.79 Å². The maximum atomic E-state index is 12.3. The number of fused-ring (bicyclic) bond motifs is 1. The standard InChI is InChI=1S/C14H19ClN2O.ClH/c1-9(2)8-12(16)14(18)17-7-6-10-11(15)4-3-5-13(10)17;/h3-5,9,12H,6-8,16H2,1-2H3;1H/t12-;/m0./s1. The minimum Gasteiger partial charge on any atom is -0.320 e. The first kappa shape index (κ1) is 16.3. The van der Waals surface area contributed by atoms with E-state index < -0.39 is 6.04 Å². The molecule has 0 aliphatic carbocycles. The molecule has 1 aliphatic heterocycles. The summed E-state index contributed by atoms with van der Waals surface area (Å²) in [7, 11) is 0. The smallest absolute Gasteiger partial charge is 0.243 e. The summed E-state index contributed by atoms with van der Waals surface area (Å²) in [6.07, 6.45) is 1.53. The van der Waals surface area contributed by atoms with E-state index in [1.807, 2.05) is 18.2 Å². The van der Waals surface area contributed by atoms with E-state index in [2.05, 4.69) is 13.8 Å². The van der Waals surface area contributed by atoms with Gasteiger partial charge in [-0.25, -0.2) is 0 Å². The number of rotatable bonds is 3. The summed E-state index contributed by atoms with van der Waals surface area (Å²) in [6.45, 7) is 4.83. The normalized spacial score (nSPS) is 15.1. The summed E-state index contributed by atoms with van der Waals surface area (Å²) < 4.78 is 0. The zero-order valence-corrected chi connectivity index (χ0v) is 12.8. The third kappa shape index (κ3) is 3.41. The number of amides is 1. The molecule has 0 aromatic heterocycles. The van der Waals surface area contributed by atoms with Crippen LogP contribution in [0.4, 0.5) is 5.69 Å². The van der Waals surface area contributed by atoms with Crippen LogP contribution in [-0.2, 0) is 11.2 Å². The topological polar surface area (TPSA) is 46.3 Å². The molecular formula is C14H20Cl2N2O. The first-order chi connectivity index (χ1) is 8.50. The molecule has 1 aliphatic rings. The molecule has 2 rings (SSSR count). The third-order valence-electron chi connectivity index (χ3n) is 3.28. The molecule has 0 spiro atoms. The minimum atomic E-state index is -0.421. The van der Waals surface area contributed by atoms with Crippen LogP contribution in [0.3, 0.4) is 0 Å². The summed E-state index contributed by atoms with van der Waals surface area (Å²) in [5.74, 6) is 0.426. The van der Waals surface area contributed by atoms with Crippen LogP contribution in [0.1, 0.15) is 25.8 Å². The number of carbonyl (C=O) groups is 1. The predicted molar refractivity (Wildman–Crippen MR) is 82.2 cm³/mol. The van der Waals surface area contributed by atoms with Crippen molar-refractivity contribution in [1.82, 2.24) is 0 Å². The summed E-state index contributed by atoms with van der Waals surface area (Å²) in [6, 6.07) is 5.26. The molecule has 5 heteroatoms. The lowest BCUT2D eigenvalue weighted by atomic mass is 10.0.